The van der Waals surface area contributed by atoms with Crippen LogP contribution >= 0.6 is 0 Å². The second-order valence-corrected chi connectivity index (χ2v) is 4.34. The fourth-order valence-corrected chi connectivity index (χ4v) is 1.56. The molecule has 94 valence electrons. The van der Waals surface area contributed by atoms with Crippen molar-refractivity contribution in [1.29, 1.82) is 0 Å². The first kappa shape index (κ1) is 14.3. The van der Waals surface area contributed by atoms with Gasteiger partial charge in [-0.3, -0.25) is 0 Å². The largest absolute Gasteiger partial charge is 0.376 e. The van der Waals surface area contributed by atoms with E-state index in [4.69, 9.17) is 0 Å². The van der Waals surface area contributed by atoms with Crippen LogP contribution in [0.3, 0.4) is 0 Å². The molecule has 1 heteroatoms. The molecule has 0 spiro atoms. The second kappa shape index (κ2) is 7.56. The molecule has 0 aromatic heterocycles. The average Bonchev–Trinajstić information content (AvgIpc) is 2.39. The minimum absolute atomic E-state index is 0.754. The van der Waals surface area contributed by atoms with Crippen molar-refractivity contribution in [3.63, 3.8) is 0 Å². The Bertz CT molecular complexity index is 479. The Hall–Kier alpha value is -1.74. The van der Waals surface area contributed by atoms with Crippen molar-refractivity contribution in [2.45, 2.75) is 39.2 Å². The fourth-order valence-electron chi connectivity index (χ4n) is 1.56. The van der Waals surface area contributed by atoms with E-state index in [1.165, 1.54) is 5.56 Å². The van der Waals surface area contributed by atoms with E-state index in [1.54, 1.807) is 0 Å². The molecule has 0 saturated heterocycles. The summed E-state index contributed by atoms with van der Waals surface area (Å²) >= 11 is 0. The Balaban J connectivity index is 2.72. The average molecular weight is 240 g/mol. The van der Waals surface area contributed by atoms with Crippen molar-refractivity contribution in [1.82, 2.24) is 0 Å². The van der Waals surface area contributed by atoms with Gasteiger partial charge < -0.3 is 5.11 Å². The molecule has 18 heavy (non-hydrogen) atoms. The summed E-state index contributed by atoms with van der Waals surface area (Å²) < 4.78 is 0. The van der Waals surface area contributed by atoms with Crippen LogP contribution in [0.25, 0.3) is 0 Å². The Labute approximate surface area is 110 Å². The Kier molecular flexibility index (Phi) is 6.01. The van der Waals surface area contributed by atoms with E-state index in [-0.39, 0.29) is 0 Å². The van der Waals surface area contributed by atoms with Gasteiger partial charge in [-0.15, -0.1) is 5.73 Å². The molecule has 1 rings (SSSR count). The summed E-state index contributed by atoms with van der Waals surface area (Å²) in [6.07, 6.45) is 2.17. The summed E-state index contributed by atoms with van der Waals surface area (Å²) in [6.45, 7) is 7.76. The van der Waals surface area contributed by atoms with Crippen molar-refractivity contribution in [2.75, 3.05) is 0 Å². The highest BCUT2D eigenvalue weighted by Gasteiger charge is 2.05. The zero-order chi connectivity index (χ0) is 13.4. The van der Waals surface area contributed by atoms with E-state index < -0.39 is 6.10 Å². The lowest BCUT2D eigenvalue weighted by Crippen LogP contribution is -2.06. The smallest absolute Gasteiger partial charge is 0.143 e. The lowest BCUT2D eigenvalue weighted by molar-refractivity contribution is 0.263. The quantitative estimate of drug-likeness (QED) is 0.629. The van der Waals surface area contributed by atoms with E-state index in [2.05, 4.69) is 31.1 Å². The minimum Gasteiger partial charge on any atom is -0.376 e. The summed E-state index contributed by atoms with van der Waals surface area (Å²) in [5.41, 5.74) is 5.70. The van der Waals surface area contributed by atoms with Crippen LogP contribution in [0, 0.1) is 18.8 Å². The van der Waals surface area contributed by atoms with Crippen LogP contribution in [0.1, 0.15) is 37.3 Å². The first-order valence-corrected chi connectivity index (χ1v) is 6.32. The molecule has 0 radical (unpaired) electrons. The normalized spacial score (nSPS) is 11.1. The van der Waals surface area contributed by atoms with Gasteiger partial charge in [-0.2, -0.15) is 0 Å². The molecule has 0 bridgehead atoms. The monoisotopic (exact) mass is 240 g/mol. The highest BCUT2D eigenvalue weighted by atomic mass is 16.3. The van der Waals surface area contributed by atoms with E-state index >= 15 is 0 Å². The number of hydrogen-bond donors (Lipinski definition) is 1. The molecule has 1 aromatic carbocycles. The molecule has 0 heterocycles. The maximum absolute atomic E-state index is 9.94. The first-order valence-electron chi connectivity index (χ1n) is 6.32. The molecule has 1 atom stereocenters. The van der Waals surface area contributed by atoms with E-state index in [9.17, 15) is 5.11 Å². The number of aliphatic hydroxyl groups is 1. The van der Waals surface area contributed by atoms with Crippen LogP contribution in [-0.2, 0) is 0 Å². The molecule has 0 fully saturated rings. The van der Waals surface area contributed by atoms with E-state index in [0.29, 0.717) is 0 Å². The molecule has 0 aliphatic carbocycles. The molecule has 1 N–H and O–H groups in total. The fraction of sp³-hybridized carbons (Fsp3) is 0.353. The molecule has 1 aromatic rings. The highest BCUT2D eigenvalue weighted by molar-refractivity contribution is 5.38. The second-order valence-electron chi connectivity index (χ2n) is 4.34. The van der Waals surface area contributed by atoms with Crippen LogP contribution in [-0.4, -0.2) is 11.2 Å². The molecule has 1 nitrogen and oxygen atoms in total. The zero-order valence-corrected chi connectivity index (χ0v) is 11.2. The third-order valence-corrected chi connectivity index (χ3v) is 2.76. The zero-order valence-electron chi connectivity index (χ0n) is 11.2. The van der Waals surface area contributed by atoms with Gasteiger partial charge in [0.25, 0.3) is 0 Å². The first-order chi connectivity index (χ1) is 8.67. The Morgan fingerprint density at radius 2 is 2.00 bits per heavy atom. The summed E-state index contributed by atoms with van der Waals surface area (Å²) in [5, 5.41) is 9.94. The molecular weight excluding hydrogens is 220 g/mol. The molecule has 0 amide bonds. The number of aliphatic hydroxyl groups excluding tert-OH is 1. The molecular formula is C17H20O. The van der Waals surface area contributed by atoms with Crippen LogP contribution in [0.4, 0.5) is 0 Å². The minimum atomic E-state index is -0.754. The van der Waals surface area contributed by atoms with Crippen LogP contribution in [0.15, 0.2) is 42.1 Å². The molecule has 0 aliphatic heterocycles. The molecule has 0 aliphatic rings. The van der Waals surface area contributed by atoms with Gasteiger partial charge >= 0.3 is 0 Å². The number of aryl methyl sites for hydroxylation is 1. The predicted octanol–water partition coefficient (Wildman–Crippen LogP) is 3.61. The third-order valence-electron chi connectivity index (χ3n) is 2.76. The van der Waals surface area contributed by atoms with Crippen molar-refractivity contribution in [3.8, 4) is 11.8 Å². The number of unbranched alkanes of at least 4 members (excludes halogenated alkanes) is 1. The maximum atomic E-state index is 9.94. The standard InChI is InChI=1S/C17H20O/c1-4-6-7-16(5-2)17(18)13-12-15-10-8-14(3)9-11-15/h8-11,17-18H,2,4,6-7H2,1,3H3/t17-/m0/s1. The van der Waals surface area contributed by atoms with Gasteiger partial charge in [-0.25, -0.2) is 0 Å². The molecule has 0 saturated carbocycles. The lowest BCUT2D eigenvalue weighted by Gasteiger charge is -2.05. The number of hydrogen-bond acceptors (Lipinski definition) is 1. The number of benzene rings is 1. The van der Waals surface area contributed by atoms with Gasteiger partial charge in [0.05, 0.1) is 0 Å². The predicted molar refractivity (Wildman–Crippen MR) is 76.2 cm³/mol. The summed E-state index contributed by atoms with van der Waals surface area (Å²) in [7, 11) is 0. The van der Waals surface area contributed by atoms with Gasteiger partial charge in [0.1, 0.15) is 6.10 Å². The van der Waals surface area contributed by atoms with Gasteiger partial charge in [0.2, 0.25) is 0 Å². The van der Waals surface area contributed by atoms with Crippen LogP contribution in [0.5, 0.6) is 0 Å². The topological polar surface area (TPSA) is 20.2 Å². The highest BCUT2D eigenvalue weighted by Crippen LogP contribution is 2.10. The lowest BCUT2D eigenvalue weighted by atomic mass is 10.0. The Morgan fingerprint density at radius 1 is 1.33 bits per heavy atom. The van der Waals surface area contributed by atoms with E-state index in [1.807, 2.05) is 31.2 Å². The van der Waals surface area contributed by atoms with Gasteiger partial charge in [-0.05, 0) is 31.9 Å². The van der Waals surface area contributed by atoms with Crippen LogP contribution < -0.4 is 0 Å². The maximum Gasteiger partial charge on any atom is 0.143 e. The summed E-state index contributed by atoms with van der Waals surface area (Å²) in [4.78, 5) is 0. The SMILES string of the molecule is C=C=C(CCCC)[C@@H](O)C#Cc1ccc(C)cc1. The summed E-state index contributed by atoms with van der Waals surface area (Å²) in [5.74, 6) is 5.82. The van der Waals surface area contributed by atoms with Crippen LogP contribution in [0.2, 0.25) is 0 Å². The van der Waals surface area contributed by atoms with Crippen molar-refractivity contribution < 1.29 is 5.11 Å². The van der Waals surface area contributed by atoms with Crippen molar-refractivity contribution in [2.24, 2.45) is 0 Å². The van der Waals surface area contributed by atoms with Gasteiger partial charge in [0, 0.05) is 11.1 Å². The van der Waals surface area contributed by atoms with Gasteiger partial charge in [0.15, 0.2) is 0 Å². The van der Waals surface area contributed by atoms with E-state index in [0.717, 1.165) is 30.4 Å². The molecule has 0 unspecified atom stereocenters. The van der Waals surface area contributed by atoms with Crippen molar-refractivity contribution in [3.05, 3.63) is 53.3 Å². The number of rotatable bonds is 4. The van der Waals surface area contributed by atoms with Crippen molar-refractivity contribution >= 4 is 0 Å². The third kappa shape index (κ3) is 4.63. The van der Waals surface area contributed by atoms with Gasteiger partial charge in [-0.1, -0.05) is 49.5 Å². The Morgan fingerprint density at radius 3 is 2.56 bits per heavy atom. The summed E-state index contributed by atoms with van der Waals surface area (Å²) in [6, 6.07) is 7.94.